The zero-order valence-electron chi connectivity index (χ0n) is 17.8. The molecule has 0 heterocycles. The predicted molar refractivity (Wildman–Crippen MR) is 123 cm³/mol. The Morgan fingerprint density at radius 2 is 0.767 bits per heavy atom. The highest BCUT2D eigenvalue weighted by atomic mass is 19.2. The van der Waals surface area contributed by atoms with Crippen molar-refractivity contribution >= 4 is 0 Å². The minimum absolute atomic E-state index is 0.308. The second kappa shape index (κ2) is 9.49. The molecule has 0 aliphatic heterocycles. The molecule has 0 atom stereocenters. The molecule has 2 heteroatoms. The molecule has 0 aromatic heterocycles. The molecule has 0 saturated carbocycles. The highest BCUT2D eigenvalue weighted by Gasteiger charge is 2.11. The van der Waals surface area contributed by atoms with Crippen LogP contribution in [0.15, 0.2) is 84.9 Å². The fraction of sp³-hybridized carbons (Fsp3) is 0.143. The number of halogens is 2. The predicted octanol–water partition coefficient (Wildman–Crippen LogP) is 8.22. The smallest absolute Gasteiger partial charge is 0.166 e. The topological polar surface area (TPSA) is 0 Å². The van der Waals surface area contributed by atoms with Crippen molar-refractivity contribution in [2.75, 3.05) is 0 Å². The van der Waals surface area contributed by atoms with Crippen molar-refractivity contribution < 1.29 is 8.78 Å². The van der Waals surface area contributed by atoms with Crippen molar-refractivity contribution in [1.82, 2.24) is 0 Å². The maximum atomic E-state index is 13.7. The molecule has 4 rings (SSSR count). The van der Waals surface area contributed by atoms with Crippen molar-refractivity contribution in [2.45, 2.75) is 27.7 Å². The average molecular weight is 401 g/mol. The van der Waals surface area contributed by atoms with Gasteiger partial charge in [0, 0.05) is 5.56 Å². The average Bonchev–Trinajstić information content (AvgIpc) is 2.75. The lowest BCUT2D eigenvalue weighted by atomic mass is 10.0. The lowest BCUT2D eigenvalue weighted by Gasteiger charge is -2.06. The van der Waals surface area contributed by atoms with E-state index < -0.39 is 11.6 Å². The summed E-state index contributed by atoms with van der Waals surface area (Å²) >= 11 is 0. The van der Waals surface area contributed by atoms with Crippen LogP contribution in [0.25, 0.3) is 22.3 Å². The first-order valence-corrected chi connectivity index (χ1v) is 10.0. The summed E-state index contributed by atoms with van der Waals surface area (Å²) in [6.45, 7) is 7.73. The SMILES string of the molecule is Cc1ccc(-c2ccc(C)c(F)c2F)cc1.Cc1ccc(-c2ccc(C)cc2)cc1. The van der Waals surface area contributed by atoms with Crippen LogP contribution < -0.4 is 0 Å². The molecule has 0 spiro atoms. The number of benzene rings is 4. The molecule has 4 aromatic rings. The minimum atomic E-state index is -0.774. The van der Waals surface area contributed by atoms with Crippen molar-refractivity contribution in [1.29, 1.82) is 0 Å². The molecule has 30 heavy (non-hydrogen) atoms. The molecule has 0 bridgehead atoms. The first kappa shape index (κ1) is 21.4. The number of rotatable bonds is 2. The highest BCUT2D eigenvalue weighted by Crippen LogP contribution is 2.26. The van der Waals surface area contributed by atoms with Crippen LogP contribution in [0.1, 0.15) is 22.3 Å². The summed E-state index contributed by atoms with van der Waals surface area (Å²) in [5, 5.41) is 0. The summed E-state index contributed by atoms with van der Waals surface area (Å²) in [6.07, 6.45) is 0. The molecule has 4 aromatic carbocycles. The summed E-state index contributed by atoms with van der Waals surface area (Å²) in [5.41, 5.74) is 7.61. The number of hydrogen-bond donors (Lipinski definition) is 0. The third kappa shape index (κ3) is 5.21. The molecule has 0 radical (unpaired) electrons. The van der Waals surface area contributed by atoms with E-state index in [4.69, 9.17) is 0 Å². The van der Waals surface area contributed by atoms with Gasteiger partial charge in [0.05, 0.1) is 0 Å². The highest BCUT2D eigenvalue weighted by molar-refractivity contribution is 5.65. The fourth-order valence-electron chi connectivity index (χ4n) is 3.09. The van der Waals surface area contributed by atoms with Crippen LogP contribution in [0.5, 0.6) is 0 Å². The standard InChI is InChI=1S/C14H12F2.C14H14/c1-9-3-6-11(7-4-9)12-8-5-10(2)13(15)14(12)16;1-11-3-7-13(8-4-11)14-9-5-12(2)6-10-14/h3-8H,1-2H3;3-10H,1-2H3. The Morgan fingerprint density at radius 1 is 0.400 bits per heavy atom. The molecule has 0 saturated heterocycles. The van der Waals surface area contributed by atoms with Gasteiger partial charge in [0.2, 0.25) is 0 Å². The van der Waals surface area contributed by atoms with Gasteiger partial charge in [-0.1, -0.05) is 102 Å². The first-order chi connectivity index (χ1) is 14.3. The van der Waals surface area contributed by atoms with Crippen LogP contribution in [-0.4, -0.2) is 0 Å². The minimum Gasteiger partial charge on any atom is -0.203 e. The quantitative estimate of drug-likeness (QED) is 0.318. The van der Waals surface area contributed by atoms with Crippen molar-refractivity contribution in [3.05, 3.63) is 119 Å². The van der Waals surface area contributed by atoms with E-state index >= 15 is 0 Å². The van der Waals surface area contributed by atoms with E-state index in [-0.39, 0.29) is 0 Å². The third-order valence-electron chi connectivity index (χ3n) is 5.07. The first-order valence-electron chi connectivity index (χ1n) is 10.0. The maximum absolute atomic E-state index is 13.7. The summed E-state index contributed by atoms with van der Waals surface area (Å²) in [7, 11) is 0. The molecule has 152 valence electrons. The Labute approximate surface area is 177 Å². The van der Waals surface area contributed by atoms with Crippen LogP contribution in [0.3, 0.4) is 0 Å². The van der Waals surface area contributed by atoms with Crippen LogP contribution in [0, 0.1) is 39.3 Å². The zero-order chi connectivity index (χ0) is 21.7. The van der Waals surface area contributed by atoms with Crippen LogP contribution >= 0.6 is 0 Å². The Morgan fingerprint density at radius 3 is 1.17 bits per heavy atom. The fourth-order valence-corrected chi connectivity index (χ4v) is 3.09. The van der Waals surface area contributed by atoms with E-state index in [2.05, 4.69) is 62.4 Å². The lowest BCUT2D eigenvalue weighted by molar-refractivity contribution is 0.505. The Hall–Kier alpha value is -3.26. The van der Waals surface area contributed by atoms with Gasteiger partial charge in [-0.3, -0.25) is 0 Å². The van der Waals surface area contributed by atoms with Gasteiger partial charge < -0.3 is 0 Å². The molecule has 0 aliphatic carbocycles. The van der Waals surface area contributed by atoms with E-state index in [1.54, 1.807) is 31.2 Å². The van der Waals surface area contributed by atoms with Gasteiger partial charge in [-0.05, 0) is 49.9 Å². The second-order valence-corrected chi connectivity index (χ2v) is 7.66. The summed E-state index contributed by atoms with van der Waals surface area (Å²) in [5.74, 6) is -1.54. The molecule has 0 fully saturated rings. The number of aryl methyl sites for hydroxylation is 4. The summed E-state index contributed by atoms with van der Waals surface area (Å²) in [4.78, 5) is 0. The zero-order valence-corrected chi connectivity index (χ0v) is 17.8. The van der Waals surface area contributed by atoms with Crippen LogP contribution in [-0.2, 0) is 0 Å². The van der Waals surface area contributed by atoms with Crippen molar-refractivity contribution in [3.63, 3.8) is 0 Å². The second-order valence-electron chi connectivity index (χ2n) is 7.66. The van der Waals surface area contributed by atoms with E-state index in [0.29, 0.717) is 16.7 Å². The monoisotopic (exact) mass is 400 g/mol. The third-order valence-corrected chi connectivity index (χ3v) is 5.07. The Kier molecular flexibility index (Phi) is 6.79. The molecular weight excluding hydrogens is 374 g/mol. The van der Waals surface area contributed by atoms with E-state index in [9.17, 15) is 8.78 Å². The summed E-state index contributed by atoms with van der Waals surface area (Å²) in [6, 6.07) is 27.8. The molecule has 0 N–H and O–H groups in total. The van der Waals surface area contributed by atoms with Crippen molar-refractivity contribution in [3.8, 4) is 22.3 Å². The van der Waals surface area contributed by atoms with E-state index in [0.717, 1.165) is 5.56 Å². The Bertz CT molecular complexity index is 1060. The van der Waals surface area contributed by atoms with E-state index in [1.807, 2.05) is 19.1 Å². The molecule has 0 amide bonds. The maximum Gasteiger partial charge on any atom is 0.166 e. The van der Waals surface area contributed by atoms with Gasteiger partial charge in [0.15, 0.2) is 11.6 Å². The molecule has 0 aliphatic rings. The van der Waals surface area contributed by atoms with Crippen molar-refractivity contribution in [2.24, 2.45) is 0 Å². The normalized spacial score (nSPS) is 10.3. The molecular formula is C28H26F2. The van der Waals surface area contributed by atoms with Gasteiger partial charge in [-0.15, -0.1) is 0 Å². The lowest BCUT2D eigenvalue weighted by Crippen LogP contribution is -1.92. The van der Waals surface area contributed by atoms with Crippen LogP contribution in [0.2, 0.25) is 0 Å². The molecule has 0 nitrogen and oxygen atoms in total. The van der Waals surface area contributed by atoms with Gasteiger partial charge >= 0.3 is 0 Å². The number of hydrogen-bond acceptors (Lipinski definition) is 0. The van der Waals surface area contributed by atoms with Gasteiger partial charge in [-0.2, -0.15) is 0 Å². The van der Waals surface area contributed by atoms with Gasteiger partial charge in [-0.25, -0.2) is 8.78 Å². The van der Waals surface area contributed by atoms with Crippen LogP contribution in [0.4, 0.5) is 8.78 Å². The molecule has 0 unspecified atom stereocenters. The Balaban J connectivity index is 0.000000172. The van der Waals surface area contributed by atoms with E-state index in [1.165, 1.54) is 22.3 Å². The van der Waals surface area contributed by atoms with Gasteiger partial charge in [0.25, 0.3) is 0 Å². The van der Waals surface area contributed by atoms with Gasteiger partial charge in [0.1, 0.15) is 0 Å². The summed E-state index contributed by atoms with van der Waals surface area (Å²) < 4.78 is 27.1. The largest absolute Gasteiger partial charge is 0.203 e.